The van der Waals surface area contributed by atoms with Crippen molar-refractivity contribution in [2.75, 3.05) is 33.4 Å². The van der Waals surface area contributed by atoms with E-state index in [1.807, 2.05) is 39.0 Å². The van der Waals surface area contributed by atoms with Crippen LogP contribution < -0.4 is 4.74 Å². The molecule has 1 aromatic carbocycles. The molecule has 3 heterocycles. The number of hydrogen-bond acceptors (Lipinski definition) is 4. The van der Waals surface area contributed by atoms with Crippen LogP contribution >= 0.6 is 0 Å². The number of H-pyrrole nitrogens is 1. The molecule has 7 heteroatoms. The molecule has 2 aliphatic rings. The number of hydrogen-bond donors (Lipinski definition) is 1. The molecule has 2 aromatic rings. The van der Waals surface area contributed by atoms with Crippen molar-refractivity contribution in [2.24, 2.45) is 0 Å². The summed E-state index contributed by atoms with van der Waals surface area (Å²) in [4.78, 5) is 33.4. The molecule has 0 saturated carbocycles. The number of fused-ring (bicyclic) bond motifs is 5. The van der Waals surface area contributed by atoms with Gasteiger partial charge in [0.15, 0.2) is 5.54 Å². The number of carbonyl (C=O) groups excluding carboxylic acids is 2. The summed E-state index contributed by atoms with van der Waals surface area (Å²) >= 11 is 0. The summed E-state index contributed by atoms with van der Waals surface area (Å²) in [5.41, 5.74) is 1.88. The van der Waals surface area contributed by atoms with E-state index in [0.29, 0.717) is 26.1 Å². The molecule has 1 atom stereocenters. The minimum atomic E-state index is -1.01. The van der Waals surface area contributed by atoms with Crippen LogP contribution in [0, 0.1) is 0 Å². The minimum Gasteiger partial charge on any atom is -0.497 e. The summed E-state index contributed by atoms with van der Waals surface area (Å²) in [6.07, 6.45) is 1.59. The smallest absolute Gasteiger partial charge is 0.254 e. The van der Waals surface area contributed by atoms with Crippen molar-refractivity contribution in [1.29, 1.82) is 0 Å². The Kier molecular flexibility index (Phi) is 5.02. The third kappa shape index (κ3) is 3.17. The molecule has 29 heavy (non-hydrogen) atoms. The second kappa shape index (κ2) is 7.37. The topological polar surface area (TPSA) is 74.9 Å². The molecule has 0 spiro atoms. The quantitative estimate of drug-likeness (QED) is 0.757. The van der Waals surface area contributed by atoms with E-state index in [9.17, 15) is 9.59 Å². The Balaban J connectivity index is 1.68. The molecule has 1 aromatic heterocycles. The number of aromatic amines is 1. The first-order valence-corrected chi connectivity index (χ1v) is 10.3. The van der Waals surface area contributed by atoms with E-state index in [1.54, 1.807) is 16.9 Å². The zero-order chi connectivity index (χ0) is 20.8. The maximum absolute atomic E-state index is 13.6. The van der Waals surface area contributed by atoms with Crippen LogP contribution in [0.25, 0.3) is 10.9 Å². The molecule has 2 amide bonds. The molecule has 0 aliphatic carbocycles. The van der Waals surface area contributed by atoms with Crippen molar-refractivity contribution in [3.63, 3.8) is 0 Å². The number of nitrogens with one attached hydrogen (secondary N) is 1. The van der Waals surface area contributed by atoms with Crippen molar-refractivity contribution in [2.45, 2.75) is 45.3 Å². The van der Waals surface area contributed by atoms with Gasteiger partial charge in [0.1, 0.15) is 5.75 Å². The number of carbonyl (C=O) groups is 2. The van der Waals surface area contributed by atoms with Gasteiger partial charge in [-0.05, 0) is 57.4 Å². The summed E-state index contributed by atoms with van der Waals surface area (Å²) in [7, 11) is 1.65. The van der Waals surface area contributed by atoms with Crippen LogP contribution in [-0.2, 0) is 26.3 Å². The second-order valence-corrected chi connectivity index (χ2v) is 8.26. The average molecular weight is 399 g/mol. The van der Waals surface area contributed by atoms with Gasteiger partial charge in [-0.3, -0.25) is 9.59 Å². The molecule has 0 radical (unpaired) electrons. The SMILES string of the molecule is COc1ccc2[nH]c3c(c2c1)CCN1C(=O)CN(CCCOC(C)C)C(=O)[C@]31C. The first-order valence-electron chi connectivity index (χ1n) is 10.3. The van der Waals surface area contributed by atoms with Crippen molar-refractivity contribution in [1.82, 2.24) is 14.8 Å². The van der Waals surface area contributed by atoms with Crippen LogP contribution in [0.4, 0.5) is 0 Å². The predicted octanol–water partition coefficient (Wildman–Crippen LogP) is 2.43. The highest BCUT2D eigenvalue weighted by atomic mass is 16.5. The maximum Gasteiger partial charge on any atom is 0.254 e. The van der Waals surface area contributed by atoms with Crippen LogP contribution in [0.3, 0.4) is 0 Å². The summed E-state index contributed by atoms with van der Waals surface area (Å²) < 4.78 is 11.0. The average Bonchev–Trinajstić information content (AvgIpc) is 3.08. The third-order valence-electron chi connectivity index (χ3n) is 6.08. The maximum atomic E-state index is 13.6. The van der Waals surface area contributed by atoms with Gasteiger partial charge in [0, 0.05) is 30.6 Å². The third-order valence-corrected chi connectivity index (χ3v) is 6.08. The molecular formula is C22H29N3O4. The van der Waals surface area contributed by atoms with Crippen LogP contribution in [0.5, 0.6) is 5.75 Å². The Morgan fingerprint density at radius 2 is 2.07 bits per heavy atom. The zero-order valence-electron chi connectivity index (χ0n) is 17.6. The van der Waals surface area contributed by atoms with Crippen molar-refractivity contribution in [3.05, 3.63) is 29.5 Å². The number of piperazine rings is 1. The van der Waals surface area contributed by atoms with Gasteiger partial charge in [-0.15, -0.1) is 0 Å². The van der Waals surface area contributed by atoms with Gasteiger partial charge in [0.05, 0.1) is 25.5 Å². The lowest BCUT2D eigenvalue weighted by molar-refractivity contribution is -0.166. The number of amides is 2. The summed E-state index contributed by atoms with van der Waals surface area (Å²) in [5.74, 6) is 0.754. The van der Waals surface area contributed by atoms with Crippen LogP contribution in [0.15, 0.2) is 18.2 Å². The molecule has 7 nitrogen and oxygen atoms in total. The van der Waals surface area contributed by atoms with E-state index in [1.165, 1.54) is 0 Å². The minimum absolute atomic E-state index is 0.00114. The predicted molar refractivity (Wildman–Crippen MR) is 110 cm³/mol. The van der Waals surface area contributed by atoms with E-state index in [4.69, 9.17) is 9.47 Å². The van der Waals surface area contributed by atoms with Gasteiger partial charge in [0.25, 0.3) is 5.91 Å². The molecule has 0 unspecified atom stereocenters. The summed E-state index contributed by atoms with van der Waals surface area (Å²) in [6.45, 7) is 7.63. The number of benzene rings is 1. The number of methoxy groups -OCH3 is 1. The lowest BCUT2D eigenvalue weighted by Crippen LogP contribution is -2.67. The van der Waals surface area contributed by atoms with Gasteiger partial charge in [-0.1, -0.05) is 0 Å². The van der Waals surface area contributed by atoms with E-state index < -0.39 is 5.54 Å². The van der Waals surface area contributed by atoms with Crippen molar-refractivity contribution >= 4 is 22.7 Å². The highest BCUT2D eigenvalue weighted by Gasteiger charge is 2.53. The lowest BCUT2D eigenvalue weighted by Gasteiger charge is -2.49. The molecule has 0 bridgehead atoms. The van der Waals surface area contributed by atoms with E-state index in [-0.39, 0.29) is 24.5 Å². The largest absolute Gasteiger partial charge is 0.497 e. The molecule has 156 valence electrons. The first-order chi connectivity index (χ1) is 13.9. The number of rotatable bonds is 6. The number of ether oxygens (including phenoxy) is 2. The van der Waals surface area contributed by atoms with E-state index >= 15 is 0 Å². The highest BCUT2D eigenvalue weighted by molar-refractivity contribution is 6.00. The van der Waals surface area contributed by atoms with Gasteiger partial charge in [0.2, 0.25) is 5.91 Å². The molecule has 1 saturated heterocycles. The monoisotopic (exact) mass is 399 g/mol. The van der Waals surface area contributed by atoms with E-state index in [0.717, 1.165) is 34.3 Å². The van der Waals surface area contributed by atoms with Crippen molar-refractivity contribution < 1.29 is 19.1 Å². The molecule has 1 N–H and O–H groups in total. The normalized spacial score (nSPS) is 21.7. The van der Waals surface area contributed by atoms with Gasteiger partial charge >= 0.3 is 0 Å². The Hall–Kier alpha value is -2.54. The van der Waals surface area contributed by atoms with Gasteiger partial charge in [-0.25, -0.2) is 0 Å². The van der Waals surface area contributed by atoms with Gasteiger partial charge < -0.3 is 24.3 Å². The summed E-state index contributed by atoms with van der Waals surface area (Å²) in [6, 6.07) is 5.87. The Bertz CT molecular complexity index is 951. The molecule has 4 rings (SSSR count). The summed E-state index contributed by atoms with van der Waals surface area (Å²) in [5, 5.41) is 1.06. The van der Waals surface area contributed by atoms with Crippen LogP contribution in [-0.4, -0.2) is 66.1 Å². The second-order valence-electron chi connectivity index (χ2n) is 8.26. The van der Waals surface area contributed by atoms with Crippen molar-refractivity contribution in [3.8, 4) is 5.75 Å². The highest BCUT2D eigenvalue weighted by Crippen LogP contribution is 2.42. The van der Waals surface area contributed by atoms with Gasteiger partial charge in [-0.2, -0.15) is 0 Å². The van der Waals surface area contributed by atoms with E-state index in [2.05, 4.69) is 4.98 Å². The number of nitrogens with zero attached hydrogens (tertiary/aromatic N) is 2. The fraction of sp³-hybridized carbons (Fsp3) is 0.545. The fourth-order valence-electron chi connectivity index (χ4n) is 4.59. The first kappa shape index (κ1) is 19.8. The fourth-order valence-corrected chi connectivity index (χ4v) is 4.59. The Morgan fingerprint density at radius 1 is 1.28 bits per heavy atom. The Labute approximate surface area is 170 Å². The van der Waals surface area contributed by atoms with Crippen LogP contribution in [0.2, 0.25) is 0 Å². The molecule has 1 fully saturated rings. The lowest BCUT2D eigenvalue weighted by atomic mass is 9.83. The zero-order valence-corrected chi connectivity index (χ0v) is 17.6. The molecular weight excluding hydrogens is 370 g/mol. The van der Waals surface area contributed by atoms with Crippen LogP contribution in [0.1, 0.15) is 38.4 Å². The Morgan fingerprint density at radius 3 is 2.79 bits per heavy atom. The standard InChI is InChI=1S/C22H29N3O4/c1-14(2)29-11-5-9-24-13-19(26)25-10-8-16-17-12-15(28-4)6-7-18(17)23-20(16)22(25,3)21(24)27/h6-7,12,14,23H,5,8-11,13H2,1-4H3/t22-/m0/s1. The molecule has 2 aliphatic heterocycles. The number of aromatic nitrogens is 1.